The average Bonchev–Trinajstić information content (AvgIpc) is 2.48. The Labute approximate surface area is 130 Å². The van der Waals surface area contributed by atoms with Crippen LogP contribution < -0.4 is 5.32 Å². The van der Waals surface area contributed by atoms with Gasteiger partial charge in [-0.3, -0.25) is 4.90 Å². The molecule has 0 bridgehead atoms. The van der Waals surface area contributed by atoms with Gasteiger partial charge in [-0.05, 0) is 23.6 Å². The summed E-state index contributed by atoms with van der Waals surface area (Å²) in [5.74, 6) is 0.775. The summed E-state index contributed by atoms with van der Waals surface area (Å²) in [5, 5.41) is 3.44. The van der Waals surface area contributed by atoms with Gasteiger partial charge in [0.25, 0.3) is 0 Å². The maximum atomic E-state index is 3.44. The van der Waals surface area contributed by atoms with Crippen molar-refractivity contribution >= 4 is 0 Å². The highest BCUT2D eigenvalue weighted by Gasteiger charge is 2.18. The molecule has 3 nitrogen and oxygen atoms in total. The molecule has 2 rings (SSSR count). The highest BCUT2D eigenvalue weighted by atomic mass is 15.3. The van der Waals surface area contributed by atoms with Gasteiger partial charge in [0.05, 0.1) is 0 Å². The van der Waals surface area contributed by atoms with Crippen LogP contribution in [0.4, 0.5) is 0 Å². The van der Waals surface area contributed by atoms with Gasteiger partial charge in [-0.2, -0.15) is 0 Å². The molecular weight excluding hydrogens is 258 g/mol. The van der Waals surface area contributed by atoms with E-state index in [1.165, 1.54) is 43.9 Å². The van der Waals surface area contributed by atoms with Gasteiger partial charge >= 0.3 is 0 Å². The molecule has 0 atom stereocenters. The molecule has 3 heteroatoms. The topological polar surface area (TPSA) is 18.5 Å². The minimum Gasteiger partial charge on any atom is -0.313 e. The molecule has 1 aromatic carbocycles. The van der Waals surface area contributed by atoms with Crippen LogP contribution in [0.1, 0.15) is 31.9 Å². The van der Waals surface area contributed by atoms with Crippen molar-refractivity contribution in [1.29, 1.82) is 0 Å². The molecule has 0 aromatic heterocycles. The Bertz CT molecular complexity index is 409. The molecule has 1 heterocycles. The van der Waals surface area contributed by atoms with Crippen LogP contribution in [0, 0.1) is 5.92 Å². The molecule has 0 amide bonds. The molecule has 1 aliphatic rings. The maximum Gasteiger partial charge on any atom is 0.0238 e. The summed E-state index contributed by atoms with van der Waals surface area (Å²) in [6.07, 6.45) is 0. The van der Waals surface area contributed by atoms with Gasteiger partial charge in [0.1, 0.15) is 0 Å². The van der Waals surface area contributed by atoms with Crippen LogP contribution >= 0.6 is 0 Å². The highest BCUT2D eigenvalue weighted by Crippen LogP contribution is 2.14. The SMILES string of the molecule is CCNCc1ccccc1CN1CCN(CC(C)C)CC1. The second-order valence-corrected chi connectivity index (χ2v) is 6.52. The van der Waals surface area contributed by atoms with E-state index in [1.807, 2.05) is 0 Å². The van der Waals surface area contributed by atoms with Crippen molar-refractivity contribution < 1.29 is 0 Å². The molecular formula is C18H31N3. The number of hydrogen-bond donors (Lipinski definition) is 1. The summed E-state index contributed by atoms with van der Waals surface area (Å²) < 4.78 is 0. The molecule has 1 aromatic rings. The quantitative estimate of drug-likeness (QED) is 0.832. The zero-order chi connectivity index (χ0) is 15.1. The van der Waals surface area contributed by atoms with E-state index in [9.17, 15) is 0 Å². The van der Waals surface area contributed by atoms with Crippen LogP contribution in [0.25, 0.3) is 0 Å². The van der Waals surface area contributed by atoms with E-state index < -0.39 is 0 Å². The third kappa shape index (κ3) is 5.42. The lowest BCUT2D eigenvalue weighted by Gasteiger charge is -2.35. The van der Waals surface area contributed by atoms with Crippen molar-refractivity contribution in [3.63, 3.8) is 0 Å². The van der Waals surface area contributed by atoms with E-state index in [-0.39, 0.29) is 0 Å². The van der Waals surface area contributed by atoms with Gasteiger partial charge in [0.15, 0.2) is 0 Å². The van der Waals surface area contributed by atoms with E-state index in [4.69, 9.17) is 0 Å². The first-order chi connectivity index (χ1) is 10.2. The molecule has 1 fully saturated rings. The van der Waals surface area contributed by atoms with Gasteiger partial charge in [-0.25, -0.2) is 0 Å². The zero-order valence-corrected chi connectivity index (χ0v) is 13.9. The first-order valence-corrected chi connectivity index (χ1v) is 8.41. The smallest absolute Gasteiger partial charge is 0.0238 e. The summed E-state index contributed by atoms with van der Waals surface area (Å²) in [6, 6.07) is 8.86. The number of hydrogen-bond acceptors (Lipinski definition) is 3. The fraction of sp³-hybridized carbons (Fsp3) is 0.667. The number of piperazine rings is 1. The third-order valence-electron chi connectivity index (χ3n) is 4.17. The van der Waals surface area contributed by atoms with Crippen molar-refractivity contribution in [2.45, 2.75) is 33.9 Å². The van der Waals surface area contributed by atoms with E-state index in [0.717, 1.165) is 25.6 Å². The third-order valence-corrected chi connectivity index (χ3v) is 4.17. The Morgan fingerprint density at radius 2 is 1.62 bits per heavy atom. The Morgan fingerprint density at radius 1 is 1.00 bits per heavy atom. The van der Waals surface area contributed by atoms with Crippen molar-refractivity contribution in [2.24, 2.45) is 5.92 Å². The predicted octanol–water partition coefficient (Wildman–Crippen LogP) is 2.57. The standard InChI is InChI=1S/C18H31N3/c1-4-19-13-17-7-5-6-8-18(17)15-21-11-9-20(10-12-21)14-16(2)3/h5-8,16,19H,4,9-15H2,1-3H3. The summed E-state index contributed by atoms with van der Waals surface area (Å²) in [4.78, 5) is 5.20. The van der Waals surface area contributed by atoms with Gasteiger partial charge in [-0.15, -0.1) is 0 Å². The van der Waals surface area contributed by atoms with Crippen molar-refractivity contribution in [3.8, 4) is 0 Å². The summed E-state index contributed by atoms with van der Waals surface area (Å²) in [7, 11) is 0. The number of nitrogens with zero attached hydrogens (tertiary/aromatic N) is 2. The molecule has 0 unspecified atom stereocenters. The molecule has 118 valence electrons. The van der Waals surface area contributed by atoms with Crippen LogP contribution in [0.2, 0.25) is 0 Å². The van der Waals surface area contributed by atoms with E-state index >= 15 is 0 Å². The predicted molar refractivity (Wildman–Crippen MR) is 90.4 cm³/mol. The second-order valence-electron chi connectivity index (χ2n) is 6.52. The van der Waals surface area contributed by atoms with Gasteiger partial charge in [0, 0.05) is 45.8 Å². The van der Waals surface area contributed by atoms with Crippen LogP contribution in [0.5, 0.6) is 0 Å². The fourth-order valence-corrected chi connectivity index (χ4v) is 3.03. The van der Waals surface area contributed by atoms with Crippen molar-refractivity contribution in [2.75, 3.05) is 39.3 Å². The number of nitrogens with one attached hydrogen (secondary N) is 1. The second kappa shape index (κ2) is 8.52. The minimum absolute atomic E-state index is 0.775. The van der Waals surface area contributed by atoms with E-state index in [2.05, 4.69) is 60.2 Å². The number of benzene rings is 1. The van der Waals surface area contributed by atoms with Gasteiger partial charge in [-0.1, -0.05) is 45.0 Å². The van der Waals surface area contributed by atoms with E-state index in [0.29, 0.717) is 0 Å². The fourth-order valence-electron chi connectivity index (χ4n) is 3.03. The first-order valence-electron chi connectivity index (χ1n) is 8.41. The molecule has 0 saturated carbocycles. The van der Waals surface area contributed by atoms with Gasteiger partial charge < -0.3 is 10.2 Å². The average molecular weight is 289 g/mol. The Hall–Kier alpha value is -0.900. The Morgan fingerprint density at radius 3 is 2.24 bits per heavy atom. The molecule has 21 heavy (non-hydrogen) atoms. The largest absolute Gasteiger partial charge is 0.313 e. The Kier molecular flexibility index (Phi) is 6.68. The van der Waals surface area contributed by atoms with Crippen LogP contribution in [-0.2, 0) is 13.1 Å². The summed E-state index contributed by atoms with van der Waals surface area (Å²) in [6.45, 7) is 16.0. The maximum absolute atomic E-state index is 3.44. The summed E-state index contributed by atoms with van der Waals surface area (Å²) in [5.41, 5.74) is 2.93. The highest BCUT2D eigenvalue weighted by molar-refractivity contribution is 5.27. The van der Waals surface area contributed by atoms with E-state index in [1.54, 1.807) is 0 Å². The molecule has 0 spiro atoms. The van der Waals surface area contributed by atoms with Crippen LogP contribution in [0.3, 0.4) is 0 Å². The van der Waals surface area contributed by atoms with Crippen LogP contribution in [0.15, 0.2) is 24.3 Å². The Balaban J connectivity index is 1.85. The molecule has 1 aliphatic heterocycles. The van der Waals surface area contributed by atoms with Crippen LogP contribution in [-0.4, -0.2) is 49.1 Å². The lowest BCUT2D eigenvalue weighted by molar-refractivity contribution is 0.117. The first kappa shape index (κ1) is 16.5. The molecule has 0 aliphatic carbocycles. The lowest BCUT2D eigenvalue weighted by Crippen LogP contribution is -2.47. The summed E-state index contributed by atoms with van der Waals surface area (Å²) >= 11 is 0. The van der Waals surface area contributed by atoms with Crippen molar-refractivity contribution in [1.82, 2.24) is 15.1 Å². The molecule has 0 radical (unpaired) electrons. The minimum atomic E-state index is 0.775. The zero-order valence-electron chi connectivity index (χ0n) is 13.9. The molecule has 1 N–H and O–H groups in total. The lowest BCUT2D eigenvalue weighted by atomic mass is 10.1. The molecule has 1 saturated heterocycles. The normalized spacial score (nSPS) is 17.5. The number of rotatable bonds is 7. The van der Waals surface area contributed by atoms with Crippen molar-refractivity contribution in [3.05, 3.63) is 35.4 Å². The monoisotopic (exact) mass is 289 g/mol. The van der Waals surface area contributed by atoms with Gasteiger partial charge in [0.2, 0.25) is 0 Å².